The van der Waals surface area contributed by atoms with Crippen molar-refractivity contribution in [3.05, 3.63) is 35.1 Å². The molecule has 106 valence electrons. The van der Waals surface area contributed by atoms with E-state index in [0.717, 1.165) is 25.2 Å². The van der Waals surface area contributed by atoms with Crippen LogP contribution in [0, 0.1) is 12.7 Å². The molecular weight excluding hydrogens is 243 g/mol. The predicted octanol–water partition coefficient (Wildman–Crippen LogP) is 1.80. The molecule has 19 heavy (non-hydrogen) atoms. The van der Waals surface area contributed by atoms with E-state index in [9.17, 15) is 9.50 Å². The summed E-state index contributed by atoms with van der Waals surface area (Å²) in [6.45, 7) is 4.86. The van der Waals surface area contributed by atoms with Gasteiger partial charge in [-0.3, -0.25) is 0 Å². The Labute approximate surface area is 114 Å². The van der Waals surface area contributed by atoms with Crippen LogP contribution >= 0.6 is 0 Å². The van der Waals surface area contributed by atoms with Crippen LogP contribution in [0.1, 0.15) is 23.7 Å². The van der Waals surface area contributed by atoms with Crippen LogP contribution in [0.15, 0.2) is 18.2 Å². The van der Waals surface area contributed by atoms with Gasteiger partial charge in [0.05, 0.1) is 6.10 Å². The highest BCUT2D eigenvalue weighted by Gasteiger charge is 2.25. The number of piperazine rings is 1. The Balaban J connectivity index is 2.05. The van der Waals surface area contributed by atoms with Crippen molar-refractivity contribution in [2.24, 2.45) is 0 Å². The first kappa shape index (κ1) is 14.4. The molecule has 0 radical (unpaired) electrons. The van der Waals surface area contributed by atoms with Crippen LogP contribution in [0.5, 0.6) is 0 Å². The zero-order chi connectivity index (χ0) is 14.0. The van der Waals surface area contributed by atoms with E-state index in [2.05, 4.69) is 23.9 Å². The Hall–Kier alpha value is -0.970. The highest BCUT2D eigenvalue weighted by Crippen LogP contribution is 2.23. The number of halogens is 1. The van der Waals surface area contributed by atoms with Gasteiger partial charge in [0.15, 0.2) is 0 Å². The summed E-state index contributed by atoms with van der Waals surface area (Å²) in [7, 11) is 4.18. The lowest BCUT2D eigenvalue weighted by Gasteiger charge is -2.38. The number of likely N-dealkylation sites (N-methyl/N-ethyl adjacent to an activating group) is 2. The van der Waals surface area contributed by atoms with Crippen molar-refractivity contribution >= 4 is 0 Å². The molecule has 1 aliphatic heterocycles. The van der Waals surface area contributed by atoms with E-state index in [4.69, 9.17) is 0 Å². The maximum absolute atomic E-state index is 13.4. The summed E-state index contributed by atoms with van der Waals surface area (Å²) in [6, 6.07) is 5.10. The molecule has 0 aliphatic carbocycles. The number of aryl methyl sites for hydroxylation is 1. The fourth-order valence-electron chi connectivity index (χ4n) is 2.71. The number of nitrogens with zero attached hydrogens (tertiary/aromatic N) is 2. The second-order valence-electron chi connectivity index (χ2n) is 5.71. The summed E-state index contributed by atoms with van der Waals surface area (Å²) in [5.41, 5.74) is 1.53. The summed E-state index contributed by atoms with van der Waals surface area (Å²) in [5.74, 6) is -0.275. The molecule has 0 spiro atoms. The largest absolute Gasteiger partial charge is 0.388 e. The van der Waals surface area contributed by atoms with E-state index in [1.165, 1.54) is 12.1 Å². The third-order valence-electron chi connectivity index (χ3n) is 3.92. The Morgan fingerprint density at radius 3 is 2.74 bits per heavy atom. The minimum atomic E-state index is -0.603. The molecule has 1 fully saturated rings. The minimum Gasteiger partial charge on any atom is -0.388 e. The summed E-state index contributed by atoms with van der Waals surface area (Å²) in [5, 5.41) is 10.3. The van der Waals surface area contributed by atoms with Crippen LogP contribution in [-0.4, -0.2) is 54.7 Å². The quantitative estimate of drug-likeness (QED) is 0.904. The van der Waals surface area contributed by atoms with E-state index < -0.39 is 6.10 Å². The highest BCUT2D eigenvalue weighted by molar-refractivity contribution is 5.25. The highest BCUT2D eigenvalue weighted by atomic mass is 19.1. The Kier molecular flexibility index (Phi) is 4.55. The van der Waals surface area contributed by atoms with Crippen LogP contribution in [0.2, 0.25) is 0 Å². The van der Waals surface area contributed by atoms with Gasteiger partial charge in [-0.2, -0.15) is 0 Å². The minimum absolute atomic E-state index is 0.275. The second-order valence-corrected chi connectivity index (χ2v) is 5.71. The standard InChI is InChI=1S/C15H23FN2O/c1-11-6-12(8-13(16)7-11)15(19)9-14-10-17(2)4-5-18(14)3/h6-8,14-15,19H,4-5,9-10H2,1-3H3. The summed E-state index contributed by atoms with van der Waals surface area (Å²) >= 11 is 0. The molecule has 4 heteroatoms. The van der Waals surface area contributed by atoms with Gasteiger partial charge < -0.3 is 14.9 Å². The number of hydrogen-bond acceptors (Lipinski definition) is 3. The average molecular weight is 266 g/mol. The molecular formula is C15H23FN2O. The Morgan fingerprint density at radius 2 is 2.05 bits per heavy atom. The lowest BCUT2D eigenvalue weighted by molar-refractivity contribution is 0.0633. The lowest BCUT2D eigenvalue weighted by atomic mass is 9.98. The van der Waals surface area contributed by atoms with Crippen LogP contribution < -0.4 is 0 Å². The first-order chi connectivity index (χ1) is 8.95. The van der Waals surface area contributed by atoms with E-state index >= 15 is 0 Å². The number of aliphatic hydroxyl groups is 1. The van der Waals surface area contributed by atoms with Gasteiger partial charge in [0.2, 0.25) is 0 Å². The Bertz CT molecular complexity index is 418. The smallest absolute Gasteiger partial charge is 0.123 e. The summed E-state index contributed by atoms with van der Waals surface area (Å²) in [4.78, 5) is 4.55. The zero-order valence-electron chi connectivity index (χ0n) is 11.9. The normalized spacial score (nSPS) is 23.5. The third kappa shape index (κ3) is 3.75. The Morgan fingerprint density at radius 1 is 1.32 bits per heavy atom. The first-order valence-corrected chi connectivity index (χ1v) is 6.79. The number of hydrogen-bond donors (Lipinski definition) is 1. The van der Waals surface area contributed by atoms with Crippen LogP contribution in [0.25, 0.3) is 0 Å². The maximum atomic E-state index is 13.4. The molecule has 1 aliphatic rings. The zero-order valence-corrected chi connectivity index (χ0v) is 11.9. The molecule has 2 unspecified atom stereocenters. The SMILES string of the molecule is Cc1cc(F)cc(C(O)CC2CN(C)CCN2C)c1. The molecule has 0 amide bonds. The molecule has 2 atom stereocenters. The van der Waals surface area contributed by atoms with Gasteiger partial charge in [-0.15, -0.1) is 0 Å². The molecule has 1 N–H and O–H groups in total. The fraction of sp³-hybridized carbons (Fsp3) is 0.600. The van der Waals surface area contributed by atoms with Gasteiger partial charge in [-0.05, 0) is 50.7 Å². The van der Waals surface area contributed by atoms with Crippen molar-refractivity contribution in [1.29, 1.82) is 0 Å². The molecule has 0 saturated carbocycles. The topological polar surface area (TPSA) is 26.7 Å². The number of rotatable bonds is 3. The third-order valence-corrected chi connectivity index (χ3v) is 3.92. The van der Waals surface area contributed by atoms with E-state index in [0.29, 0.717) is 18.0 Å². The second kappa shape index (κ2) is 5.99. The van der Waals surface area contributed by atoms with Crippen molar-refractivity contribution < 1.29 is 9.50 Å². The molecule has 2 rings (SSSR count). The van der Waals surface area contributed by atoms with Gasteiger partial charge in [-0.1, -0.05) is 6.07 Å². The van der Waals surface area contributed by atoms with E-state index in [-0.39, 0.29) is 5.82 Å². The number of aliphatic hydroxyl groups excluding tert-OH is 1. The molecule has 1 aromatic carbocycles. The van der Waals surface area contributed by atoms with Crippen LogP contribution in [-0.2, 0) is 0 Å². The van der Waals surface area contributed by atoms with Gasteiger partial charge in [0, 0.05) is 25.7 Å². The lowest BCUT2D eigenvalue weighted by Crippen LogP contribution is -2.50. The van der Waals surface area contributed by atoms with E-state index in [1.54, 1.807) is 0 Å². The maximum Gasteiger partial charge on any atom is 0.123 e. The monoisotopic (exact) mass is 266 g/mol. The summed E-state index contributed by atoms with van der Waals surface area (Å²) in [6.07, 6.45) is 0.0392. The molecule has 3 nitrogen and oxygen atoms in total. The van der Waals surface area contributed by atoms with Gasteiger partial charge in [-0.25, -0.2) is 4.39 Å². The van der Waals surface area contributed by atoms with E-state index in [1.807, 2.05) is 13.0 Å². The first-order valence-electron chi connectivity index (χ1n) is 6.79. The van der Waals surface area contributed by atoms with Crippen molar-refractivity contribution in [1.82, 2.24) is 9.80 Å². The molecule has 1 heterocycles. The van der Waals surface area contributed by atoms with Crippen molar-refractivity contribution in [3.8, 4) is 0 Å². The van der Waals surface area contributed by atoms with Gasteiger partial charge in [0.25, 0.3) is 0 Å². The van der Waals surface area contributed by atoms with Crippen molar-refractivity contribution in [2.75, 3.05) is 33.7 Å². The molecule has 1 aromatic rings. The van der Waals surface area contributed by atoms with Gasteiger partial charge >= 0.3 is 0 Å². The van der Waals surface area contributed by atoms with Gasteiger partial charge in [0.1, 0.15) is 5.82 Å². The van der Waals surface area contributed by atoms with Crippen LogP contribution in [0.4, 0.5) is 4.39 Å². The number of benzene rings is 1. The molecule has 0 bridgehead atoms. The summed E-state index contributed by atoms with van der Waals surface area (Å²) < 4.78 is 13.4. The van der Waals surface area contributed by atoms with Crippen molar-refractivity contribution in [2.45, 2.75) is 25.5 Å². The van der Waals surface area contributed by atoms with Crippen LogP contribution in [0.3, 0.4) is 0 Å². The van der Waals surface area contributed by atoms with Crippen molar-refractivity contribution in [3.63, 3.8) is 0 Å². The predicted molar refractivity (Wildman–Crippen MR) is 74.6 cm³/mol. The molecule has 0 aromatic heterocycles. The average Bonchev–Trinajstić information content (AvgIpc) is 2.32. The fourth-order valence-corrected chi connectivity index (χ4v) is 2.71. The molecule has 1 saturated heterocycles.